The minimum atomic E-state index is -0.0126. The summed E-state index contributed by atoms with van der Waals surface area (Å²) in [5.41, 5.74) is 6.02. The van der Waals surface area contributed by atoms with Gasteiger partial charge in [0.2, 0.25) is 0 Å². The quantitative estimate of drug-likeness (QED) is 0.495. The second-order valence-corrected chi connectivity index (χ2v) is 7.31. The molecule has 0 saturated heterocycles. The lowest BCUT2D eigenvalue weighted by molar-refractivity contribution is 0.496. The zero-order chi connectivity index (χ0) is 17.6. The number of hydrogen-bond acceptors (Lipinski definition) is 2. The van der Waals surface area contributed by atoms with E-state index in [0.717, 1.165) is 30.9 Å². The smallest absolute Gasteiger partial charge is 0.126 e. The number of para-hydroxylation sites is 1. The Labute approximate surface area is 152 Å². The Balaban J connectivity index is 1.36. The standard InChI is InChI=1S/C22H22N4/c1-15-6-8-16(9-7-15)20-14-24-21(26-20)22(10-11-22)25-13-17-12-23-19-5-3-2-4-18(17)19/h2-9,12,14,23,25H,10-11,13H2,1H3,(H,24,26). The van der Waals surface area contributed by atoms with E-state index in [0.29, 0.717) is 0 Å². The number of aromatic amines is 2. The van der Waals surface area contributed by atoms with Gasteiger partial charge in [-0.3, -0.25) is 0 Å². The molecule has 5 rings (SSSR count). The summed E-state index contributed by atoms with van der Waals surface area (Å²) in [7, 11) is 0. The number of aromatic nitrogens is 3. The molecule has 0 unspecified atom stereocenters. The van der Waals surface area contributed by atoms with Gasteiger partial charge in [-0.15, -0.1) is 0 Å². The highest BCUT2D eigenvalue weighted by atomic mass is 15.1. The van der Waals surface area contributed by atoms with Gasteiger partial charge in [0, 0.05) is 23.6 Å². The molecule has 130 valence electrons. The molecule has 0 aliphatic heterocycles. The lowest BCUT2D eigenvalue weighted by atomic mass is 10.1. The number of H-pyrrole nitrogens is 2. The monoisotopic (exact) mass is 342 g/mol. The zero-order valence-electron chi connectivity index (χ0n) is 14.8. The van der Waals surface area contributed by atoms with E-state index >= 15 is 0 Å². The first-order chi connectivity index (χ1) is 12.7. The maximum Gasteiger partial charge on any atom is 0.126 e. The second-order valence-electron chi connectivity index (χ2n) is 7.31. The molecular weight excluding hydrogens is 320 g/mol. The normalized spacial score (nSPS) is 15.4. The fourth-order valence-electron chi connectivity index (χ4n) is 3.61. The average Bonchev–Trinajstić information content (AvgIpc) is 3.12. The Bertz CT molecular complexity index is 1050. The fourth-order valence-corrected chi connectivity index (χ4v) is 3.61. The highest BCUT2D eigenvalue weighted by Crippen LogP contribution is 2.44. The molecule has 1 saturated carbocycles. The predicted molar refractivity (Wildman–Crippen MR) is 105 cm³/mol. The summed E-state index contributed by atoms with van der Waals surface area (Å²) in [5, 5.41) is 5.03. The number of benzene rings is 2. The van der Waals surface area contributed by atoms with Crippen LogP contribution < -0.4 is 5.32 Å². The summed E-state index contributed by atoms with van der Waals surface area (Å²) < 4.78 is 0. The SMILES string of the molecule is Cc1ccc(-c2cnc(C3(NCc4c[nH]c5ccccc45)CC3)[nH]2)cc1. The number of imidazole rings is 1. The van der Waals surface area contributed by atoms with E-state index in [9.17, 15) is 0 Å². The Kier molecular flexibility index (Phi) is 3.47. The van der Waals surface area contributed by atoms with Gasteiger partial charge in [0.25, 0.3) is 0 Å². The average molecular weight is 342 g/mol. The number of aryl methyl sites for hydroxylation is 1. The predicted octanol–water partition coefficient (Wildman–Crippen LogP) is 4.65. The molecule has 1 aliphatic carbocycles. The molecule has 1 fully saturated rings. The van der Waals surface area contributed by atoms with E-state index in [1.807, 2.05) is 6.20 Å². The minimum absolute atomic E-state index is 0.0126. The van der Waals surface area contributed by atoms with E-state index in [4.69, 9.17) is 0 Å². The Morgan fingerprint density at radius 3 is 2.69 bits per heavy atom. The molecule has 2 aromatic carbocycles. The van der Waals surface area contributed by atoms with Gasteiger partial charge in [-0.05, 0) is 37.0 Å². The molecule has 0 spiro atoms. The van der Waals surface area contributed by atoms with Crippen LogP contribution in [0.15, 0.2) is 60.9 Å². The molecule has 0 radical (unpaired) electrons. The van der Waals surface area contributed by atoms with E-state index in [1.54, 1.807) is 0 Å². The lowest BCUT2D eigenvalue weighted by Crippen LogP contribution is -2.29. The number of nitrogens with one attached hydrogen (secondary N) is 3. The molecule has 0 atom stereocenters. The summed E-state index contributed by atoms with van der Waals surface area (Å²) in [6, 6.07) is 17.0. The summed E-state index contributed by atoms with van der Waals surface area (Å²) in [6.45, 7) is 2.95. The molecule has 4 aromatic rings. The van der Waals surface area contributed by atoms with Crippen LogP contribution in [0.5, 0.6) is 0 Å². The number of hydrogen-bond donors (Lipinski definition) is 3. The van der Waals surface area contributed by atoms with E-state index in [2.05, 4.69) is 81.9 Å². The summed E-state index contributed by atoms with van der Waals surface area (Å²) >= 11 is 0. The third kappa shape index (κ3) is 2.63. The maximum absolute atomic E-state index is 4.69. The Hall–Kier alpha value is -2.85. The van der Waals surface area contributed by atoms with Gasteiger partial charge < -0.3 is 15.3 Å². The molecule has 0 bridgehead atoms. The van der Waals surface area contributed by atoms with Gasteiger partial charge in [0.1, 0.15) is 5.82 Å². The van der Waals surface area contributed by atoms with Crippen LogP contribution in [0.25, 0.3) is 22.2 Å². The second kappa shape index (κ2) is 5.85. The maximum atomic E-state index is 4.69. The van der Waals surface area contributed by atoms with Crippen LogP contribution in [-0.4, -0.2) is 15.0 Å². The highest BCUT2D eigenvalue weighted by molar-refractivity contribution is 5.83. The Morgan fingerprint density at radius 1 is 1.08 bits per heavy atom. The molecule has 2 aromatic heterocycles. The fraction of sp³-hybridized carbons (Fsp3) is 0.227. The molecule has 26 heavy (non-hydrogen) atoms. The molecule has 0 amide bonds. The minimum Gasteiger partial charge on any atom is -0.361 e. The molecule has 2 heterocycles. The molecule has 1 aliphatic rings. The Morgan fingerprint density at radius 2 is 1.88 bits per heavy atom. The summed E-state index contributed by atoms with van der Waals surface area (Å²) in [4.78, 5) is 11.6. The lowest BCUT2D eigenvalue weighted by Gasteiger charge is -2.14. The van der Waals surface area contributed by atoms with Gasteiger partial charge in [-0.25, -0.2) is 4.98 Å². The van der Waals surface area contributed by atoms with Crippen molar-refractivity contribution in [2.75, 3.05) is 0 Å². The van der Waals surface area contributed by atoms with Gasteiger partial charge in [0.05, 0.1) is 17.4 Å². The molecule has 4 heteroatoms. The van der Waals surface area contributed by atoms with Crippen molar-refractivity contribution < 1.29 is 0 Å². The summed E-state index contributed by atoms with van der Waals surface area (Å²) in [6.07, 6.45) is 6.30. The van der Waals surface area contributed by atoms with Crippen LogP contribution >= 0.6 is 0 Å². The van der Waals surface area contributed by atoms with Crippen molar-refractivity contribution in [3.63, 3.8) is 0 Å². The topological polar surface area (TPSA) is 56.5 Å². The largest absolute Gasteiger partial charge is 0.361 e. The van der Waals surface area contributed by atoms with Gasteiger partial charge in [-0.2, -0.15) is 0 Å². The van der Waals surface area contributed by atoms with Crippen molar-refractivity contribution in [2.45, 2.75) is 31.8 Å². The first-order valence-corrected chi connectivity index (χ1v) is 9.16. The van der Waals surface area contributed by atoms with Crippen molar-refractivity contribution in [1.29, 1.82) is 0 Å². The third-order valence-electron chi connectivity index (χ3n) is 5.43. The van der Waals surface area contributed by atoms with Crippen LogP contribution in [0.3, 0.4) is 0 Å². The van der Waals surface area contributed by atoms with E-state index in [-0.39, 0.29) is 5.54 Å². The van der Waals surface area contributed by atoms with Crippen molar-refractivity contribution in [3.8, 4) is 11.3 Å². The van der Waals surface area contributed by atoms with Crippen LogP contribution in [0.4, 0.5) is 0 Å². The van der Waals surface area contributed by atoms with Crippen molar-refractivity contribution in [1.82, 2.24) is 20.3 Å². The summed E-state index contributed by atoms with van der Waals surface area (Å²) in [5.74, 6) is 1.05. The van der Waals surface area contributed by atoms with Crippen LogP contribution in [0.2, 0.25) is 0 Å². The van der Waals surface area contributed by atoms with E-state index < -0.39 is 0 Å². The number of nitrogens with zero attached hydrogens (tertiary/aromatic N) is 1. The molecular formula is C22H22N4. The van der Waals surface area contributed by atoms with Gasteiger partial charge in [0.15, 0.2) is 0 Å². The van der Waals surface area contributed by atoms with E-state index in [1.165, 1.54) is 27.6 Å². The van der Waals surface area contributed by atoms with Crippen molar-refractivity contribution >= 4 is 10.9 Å². The van der Waals surface area contributed by atoms with Crippen LogP contribution in [0.1, 0.15) is 29.8 Å². The number of rotatable bonds is 5. The number of fused-ring (bicyclic) bond motifs is 1. The third-order valence-corrected chi connectivity index (χ3v) is 5.43. The van der Waals surface area contributed by atoms with Crippen molar-refractivity contribution in [3.05, 3.63) is 77.9 Å². The first-order valence-electron chi connectivity index (χ1n) is 9.16. The zero-order valence-corrected chi connectivity index (χ0v) is 14.8. The van der Waals surface area contributed by atoms with Gasteiger partial charge in [-0.1, -0.05) is 48.0 Å². The van der Waals surface area contributed by atoms with Crippen molar-refractivity contribution in [2.24, 2.45) is 0 Å². The molecule has 4 nitrogen and oxygen atoms in total. The molecule has 3 N–H and O–H groups in total. The highest BCUT2D eigenvalue weighted by Gasteiger charge is 2.46. The first kappa shape index (κ1) is 15.4. The van der Waals surface area contributed by atoms with Gasteiger partial charge >= 0.3 is 0 Å². The van der Waals surface area contributed by atoms with Crippen LogP contribution in [0, 0.1) is 6.92 Å². The van der Waals surface area contributed by atoms with Crippen LogP contribution in [-0.2, 0) is 12.1 Å².